The Balaban J connectivity index is 2.77. The Morgan fingerprint density at radius 3 is 2.72 bits per heavy atom. The third-order valence-corrected chi connectivity index (χ3v) is 2.34. The lowest BCUT2D eigenvalue weighted by molar-refractivity contribution is -0.134. The Morgan fingerprint density at radius 2 is 2.11 bits per heavy atom. The molecule has 0 aromatic heterocycles. The van der Waals surface area contributed by atoms with Gasteiger partial charge < -0.3 is 9.84 Å². The summed E-state index contributed by atoms with van der Waals surface area (Å²) in [5.41, 5.74) is 0.815. The first-order chi connectivity index (χ1) is 8.54. The number of esters is 1. The normalized spacial score (nSPS) is 10.6. The van der Waals surface area contributed by atoms with Gasteiger partial charge in [0.2, 0.25) is 0 Å². The molecule has 0 spiro atoms. The van der Waals surface area contributed by atoms with E-state index in [1.807, 2.05) is 19.1 Å². The van der Waals surface area contributed by atoms with Crippen molar-refractivity contribution in [3.63, 3.8) is 0 Å². The van der Waals surface area contributed by atoms with Gasteiger partial charge in [-0.3, -0.25) is 4.79 Å². The van der Waals surface area contributed by atoms with E-state index in [4.69, 9.17) is 9.84 Å². The van der Waals surface area contributed by atoms with Crippen LogP contribution in [0, 0.1) is 6.92 Å². The van der Waals surface area contributed by atoms with Crippen molar-refractivity contribution in [1.82, 2.24) is 0 Å². The zero-order valence-electron chi connectivity index (χ0n) is 10.5. The highest BCUT2D eigenvalue weighted by Gasteiger charge is 2.14. The summed E-state index contributed by atoms with van der Waals surface area (Å²) in [4.78, 5) is 22.5. The van der Waals surface area contributed by atoms with Gasteiger partial charge in [0.25, 0.3) is 0 Å². The highest BCUT2D eigenvalue weighted by atomic mass is 16.5. The van der Waals surface area contributed by atoms with E-state index in [0.29, 0.717) is 6.42 Å². The maximum Gasteiger partial charge on any atom is 0.339 e. The molecule has 0 aliphatic carbocycles. The Labute approximate surface area is 106 Å². The van der Waals surface area contributed by atoms with Crippen molar-refractivity contribution >= 4 is 11.9 Å². The number of aromatic carboxylic acids is 1. The molecule has 0 atom stereocenters. The third-order valence-electron chi connectivity index (χ3n) is 2.34. The maximum absolute atomic E-state index is 11.5. The van der Waals surface area contributed by atoms with Crippen LogP contribution < -0.4 is 4.74 Å². The Morgan fingerprint density at radius 1 is 1.39 bits per heavy atom. The van der Waals surface area contributed by atoms with Crippen molar-refractivity contribution in [1.29, 1.82) is 0 Å². The summed E-state index contributed by atoms with van der Waals surface area (Å²) in [7, 11) is 0. The fraction of sp³-hybridized carbons (Fsp3) is 0.286. The molecule has 0 aliphatic heterocycles. The second-order valence-electron chi connectivity index (χ2n) is 3.89. The summed E-state index contributed by atoms with van der Waals surface area (Å²) < 4.78 is 5.05. The summed E-state index contributed by atoms with van der Waals surface area (Å²) in [5.74, 6) is -1.44. The molecule has 96 valence electrons. The maximum atomic E-state index is 11.5. The first-order valence-electron chi connectivity index (χ1n) is 5.70. The zero-order chi connectivity index (χ0) is 13.5. The fourth-order valence-electron chi connectivity index (χ4n) is 1.44. The van der Waals surface area contributed by atoms with Gasteiger partial charge in [0.05, 0.1) is 0 Å². The van der Waals surface area contributed by atoms with E-state index in [1.165, 1.54) is 12.1 Å². The first kappa shape index (κ1) is 14.0. The van der Waals surface area contributed by atoms with Crippen molar-refractivity contribution in [2.75, 3.05) is 0 Å². The summed E-state index contributed by atoms with van der Waals surface area (Å²) in [6, 6.07) is 4.70. The molecule has 18 heavy (non-hydrogen) atoms. The lowest BCUT2D eigenvalue weighted by atomic mass is 10.1. The topological polar surface area (TPSA) is 63.6 Å². The lowest BCUT2D eigenvalue weighted by Crippen LogP contribution is -2.10. The number of hydrogen-bond acceptors (Lipinski definition) is 3. The molecule has 4 heteroatoms. The van der Waals surface area contributed by atoms with E-state index in [-0.39, 0.29) is 17.7 Å². The lowest BCUT2D eigenvalue weighted by Gasteiger charge is -2.07. The molecule has 0 heterocycles. The summed E-state index contributed by atoms with van der Waals surface area (Å²) >= 11 is 0. The van der Waals surface area contributed by atoms with Gasteiger partial charge in [0, 0.05) is 6.42 Å². The summed E-state index contributed by atoms with van der Waals surface area (Å²) in [5, 5.41) is 9.01. The molecule has 0 bridgehead atoms. The minimum atomic E-state index is -1.10. The van der Waals surface area contributed by atoms with E-state index in [9.17, 15) is 9.59 Å². The van der Waals surface area contributed by atoms with Gasteiger partial charge in [-0.05, 0) is 32.4 Å². The number of carboxylic acids is 1. The Bertz CT molecular complexity index is 475. The van der Waals surface area contributed by atoms with Crippen LogP contribution in [0.1, 0.15) is 35.7 Å². The van der Waals surface area contributed by atoms with Crippen LogP contribution >= 0.6 is 0 Å². The third kappa shape index (κ3) is 4.05. The van der Waals surface area contributed by atoms with Gasteiger partial charge in [-0.25, -0.2) is 4.79 Å². The number of rotatable bonds is 5. The molecule has 0 fully saturated rings. The van der Waals surface area contributed by atoms with E-state index in [2.05, 4.69) is 0 Å². The van der Waals surface area contributed by atoms with Crippen molar-refractivity contribution in [3.05, 3.63) is 41.5 Å². The van der Waals surface area contributed by atoms with E-state index >= 15 is 0 Å². The number of ether oxygens (including phenoxy) is 1. The van der Waals surface area contributed by atoms with Gasteiger partial charge in [-0.15, -0.1) is 0 Å². The van der Waals surface area contributed by atoms with E-state index < -0.39 is 11.9 Å². The van der Waals surface area contributed by atoms with Crippen molar-refractivity contribution in [3.8, 4) is 5.75 Å². The molecular formula is C14H16O4. The largest absolute Gasteiger partial charge is 0.478 e. The van der Waals surface area contributed by atoms with Gasteiger partial charge >= 0.3 is 11.9 Å². The molecule has 0 saturated heterocycles. The fourth-order valence-corrected chi connectivity index (χ4v) is 1.44. The molecule has 4 nitrogen and oxygen atoms in total. The molecule has 1 N–H and O–H groups in total. The predicted octanol–water partition coefficient (Wildman–Crippen LogP) is 2.95. The van der Waals surface area contributed by atoms with Crippen LogP contribution in [0.15, 0.2) is 30.4 Å². The van der Waals surface area contributed by atoms with Crippen LogP contribution in [0.4, 0.5) is 0 Å². The summed E-state index contributed by atoms with van der Waals surface area (Å²) in [6.45, 7) is 3.65. The minimum absolute atomic E-state index is 0.00869. The van der Waals surface area contributed by atoms with Crippen molar-refractivity contribution in [2.24, 2.45) is 0 Å². The van der Waals surface area contributed by atoms with E-state index in [0.717, 1.165) is 5.56 Å². The van der Waals surface area contributed by atoms with Crippen LogP contribution in [0.25, 0.3) is 0 Å². The molecule has 1 aromatic rings. The number of benzene rings is 1. The Hall–Kier alpha value is -2.10. The Kier molecular flexibility index (Phi) is 5.11. The molecule has 0 saturated carbocycles. The molecule has 0 radical (unpaired) electrons. The number of carbonyl (C=O) groups excluding carboxylic acids is 1. The number of carbonyl (C=O) groups is 2. The van der Waals surface area contributed by atoms with Crippen LogP contribution in [-0.2, 0) is 4.79 Å². The molecular weight excluding hydrogens is 232 g/mol. The van der Waals surface area contributed by atoms with Crippen LogP contribution in [0.2, 0.25) is 0 Å². The number of aryl methyl sites for hydroxylation is 1. The predicted molar refractivity (Wildman–Crippen MR) is 67.8 cm³/mol. The quantitative estimate of drug-likeness (QED) is 0.494. The molecule has 0 amide bonds. The van der Waals surface area contributed by atoms with Crippen molar-refractivity contribution < 1.29 is 19.4 Å². The van der Waals surface area contributed by atoms with Crippen molar-refractivity contribution in [2.45, 2.75) is 26.7 Å². The zero-order valence-corrected chi connectivity index (χ0v) is 10.5. The highest BCUT2D eigenvalue weighted by molar-refractivity contribution is 5.92. The van der Waals surface area contributed by atoms with Gasteiger partial charge in [-0.2, -0.15) is 0 Å². The standard InChI is InChI=1S/C14H16O4/c1-3-4-5-6-13(15)18-12-8-7-10(2)9-11(12)14(16)17/h3-4,7-9H,5-6H2,1-2H3,(H,16,17)/b4-3+. The smallest absolute Gasteiger partial charge is 0.339 e. The van der Waals surface area contributed by atoms with Crippen LogP contribution in [0.5, 0.6) is 5.75 Å². The number of hydrogen-bond donors (Lipinski definition) is 1. The average Bonchev–Trinajstić information content (AvgIpc) is 2.31. The van der Waals surface area contributed by atoms with Crippen LogP contribution in [-0.4, -0.2) is 17.0 Å². The average molecular weight is 248 g/mol. The number of carboxylic acid groups (broad SMARTS) is 1. The minimum Gasteiger partial charge on any atom is -0.478 e. The summed E-state index contributed by atoms with van der Waals surface area (Å²) in [6.07, 6.45) is 4.53. The van der Waals surface area contributed by atoms with Gasteiger partial charge in [0.15, 0.2) is 0 Å². The SMILES string of the molecule is C/C=C/CCC(=O)Oc1ccc(C)cc1C(=O)O. The molecule has 1 aromatic carbocycles. The second-order valence-corrected chi connectivity index (χ2v) is 3.89. The van der Waals surface area contributed by atoms with Gasteiger partial charge in [0.1, 0.15) is 11.3 Å². The number of allylic oxidation sites excluding steroid dienone is 2. The van der Waals surface area contributed by atoms with E-state index in [1.54, 1.807) is 13.0 Å². The molecule has 0 unspecified atom stereocenters. The highest BCUT2D eigenvalue weighted by Crippen LogP contribution is 2.20. The first-order valence-corrected chi connectivity index (χ1v) is 5.70. The molecule has 1 rings (SSSR count). The van der Waals surface area contributed by atoms with Crippen LogP contribution in [0.3, 0.4) is 0 Å². The monoisotopic (exact) mass is 248 g/mol. The second kappa shape index (κ2) is 6.59. The van der Waals surface area contributed by atoms with Gasteiger partial charge in [-0.1, -0.05) is 23.8 Å². The molecule has 0 aliphatic rings.